The summed E-state index contributed by atoms with van der Waals surface area (Å²) >= 11 is 0. The van der Waals surface area contributed by atoms with E-state index in [1.807, 2.05) is 17.6 Å². The Bertz CT molecular complexity index is 286. The second-order valence-corrected chi connectivity index (χ2v) is 2.73. The molecule has 82 valence electrons. The van der Waals surface area contributed by atoms with E-state index in [1.54, 1.807) is 0 Å². The normalized spacial score (nSPS) is 15.7. The number of urea groups is 1. The lowest BCUT2D eigenvalue weighted by Gasteiger charge is -2.19. The molecular weight excluding hydrogens is 204 g/mol. The van der Waals surface area contributed by atoms with E-state index in [4.69, 9.17) is 9.59 Å². The monoisotopic (exact) mass is 214 g/mol. The molecule has 0 spiro atoms. The molecule has 7 nitrogen and oxygen atoms in total. The highest BCUT2D eigenvalue weighted by atomic mass is 16.2. The van der Waals surface area contributed by atoms with Gasteiger partial charge in [0.2, 0.25) is 11.8 Å². The van der Waals surface area contributed by atoms with Crippen LogP contribution in [0.25, 0.3) is 0 Å². The van der Waals surface area contributed by atoms with Gasteiger partial charge in [0, 0.05) is 0 Å². The van der Waals surface area contributed by atoms with Crippen molar-refractivity contribution >= 4 is 24.0 Å². The van der Waals surface area contributed by atoms with Crippen LogP contribution in [0.15, 0.2) is 0 Å². The quantitative estimate of drug-likeness (QED) is 0.584. The summed E-state index contributed by atoms with van der Waals surface area (Å²) in [6, 6.07) is -0.725. The molecule has 0 aromatic heterocycles. The van der Waals surface area contributed by atoms with Gasteiger partial charge in [0.05, 0.1) is 0 Å². The van der Waals surface area contributed by atoms with Crippen LogP contribution in [0.2, 0.25) is 0 Å². The lowest BCUT2D eigenvalue weighted by Crippen LogP contribution is -2.55. The van der Waals surface area contributed by atoms with E-state index in [9.17, 15) is 14.4 Å². The fourth-order valence-electron chi connectivity index (χ4n) is 1.10. The van der Waals surface area contributed by atoms with Gasteiger partial charge in [-0.3, -0.25) is 20.2 Å². The zero-order valence-corrected chi connectivity index (χ0v) is 8.03. The number of hydrogen-bond donors (Lipinski definition) is 2. The summed E-state index contributed by atoms with van der Waals surface area (Å²) in [5.74, 6) is -1.69. The van der Waals surface area contributed by atoms with Gasteiger partial charge in [-0.15, -0.1) is 0 Å². The van der Waals surface area contributed by atoms with Gasteiger partial charge in [-0.25, -0.2) is 4.79 Å². The molecule has 0 radical (unpaired) electrons. The summed E-state index contributed by atoms with van der Waals surface area (Å²) in [6.07, 6.45) is 1.46. The minimum Gasteiger partial charge on any atom is -0.277 e. The Hall–Kier alpha value is -2.01. The Labute approximate surface area is 85.2 Å². The van der Waals surface area contributed by atoms with Gasteiger partial charge in [-0.05, 0) is 6.42 Å². The highest BCUT2D eigenvalue weighted by Gasteiger charge is 2.32. The molecule has 0 saturated carbocycles. The number of barbiturate groups is 1. The van der Waals surface area contributed by atoms with Crippen LogP contribution in [0.4, 0.5) is 4.79 Å². The molecule has 0 aliphatic carbocycles. The largest absolute Gasteiger partial charge is 0.373 e. The highest BCUT2D eigenvalue weighted by Crippen LogP contribution is 2.08. The zero-order valence-electron chi connectivity index (χ0n) is 8.03. The first-order valence-electron chi connectivity index (χ1n) is 4.21. The SMILES string of the molecule is CCCC1C(=O)NC(=O)NC1=O.O=C=O. The molecule has 0 aromatic carbocycles. The zero-order chi connectivity index (χ0) is 11.8. The van der Waals surface area contributed by atoms with Crippen molar-refractivity contribution in [2.75, 3.05) is 0 Å². The lowest BCUT2D eigenvalue weighted by molar-refractivity contribution is -0.191. The van der Waals surface area contributed by atoms with Gasteiger partial charge in [-0.1, -0.05) is 13.3 Å². The number of rotatable bonds is 2. The summed E-state index contributed by atoms with van der Waals surface area (Å²) in [4.78, 5) is 48.8. The van der Waals surface area contributed by atoms with Crippen molar-refractivity contribution in [2.45, 2.75) is 19.8 Å². The number of amides is 4. The van der Waals surface area contributed by atoms with Gasteiger partial charge in [0.25, 0.3) is 0 Å². The van der Waals surface area contributed by atoms with Crippen LogP contribution < -0.4 is 10.6 Å². The van der Waals surface area contributed by atoms with Crippen molar-refractivity contribution in [3.63, 3.8) is 0 Å². The molecule has 1 fully saturated rings. The summed E-state index contributed by atoms with van der Waals surface area (Å²) in [5, 5.41) is 4.07. The third-order valence-corrected chi connectivity index (χ3v) is 1.68. The van der Waals surface area contributed by atoms with Gasteiger partial charge < -0.3 is 0 Å². The number of hydrogen-bond acceptors (Lipinski definition) is 5. The van der Waals surface area contributed by atoms with Crippen molar-refractivity contribution in [1.29, 1.82) is 0 Å². The van der Waals surface area contributed by atoms with E-state index in [1.165, 1.54) is 0 Å². The first-order chi connectivity index (χ1) is 7.06. The Morgan fingerprint density at radius 1 is 1.13 bits per heavy atom. The second-order valence-electron chi connectivity index (χ2n) is 2.73. The predicted molar refractivity (Wildman–Crippen MR) is 45.1 cm³/mol. The Morgan fingerprint density at radius 2 is 1.53 bits per heavy atom. The molecule has 15 heavy (non-hydrogen) atoms. The molecule has 1 aliphatic rings. The van der Waals surface area contributed by atoms with E-state index in [0.717, 1.165) is 6.42 Å². The van der Waals surface area contributed by atoms with E-state index in [-0.39, 0.29) is 6.15 Å². The fourth-order valence-corrected chi connectivity index (χ4v) is 1.10. The molecule has 0 unspecified atom stereocenters. The maximum Gasteiger partial charge on any atom is 0.373 e. The predicted octanol–water partition coefficient (Wildman–Crippen LogP) is -0.815. The third kappa shape index (κ3) is 4.15. The maximum atomic E-state index is 11.0. The fraction of sp³-hybridized carbons (Fsp3) is 0.500. The van der Waals surface area contributed by atoms with E-state index >= 15 is 0 Å². The van der Waals surface area contributed by atoms with Gasteiger partial charge in [0.1, 0.15) is 5.92 Å². The molecule has 0 atom stereocenters. The lowest BCUT2D eigenvalue weighted by atomic mass is 10.0. The Morgan fingerprint density at radius 3 is 1.87 bits per heavy atom. The number of imide groups is 2. The molecule has 1 heterocycles. The van der Waals surface area contributed by atoms with Crippen LogP contribution in [0.1, 0.15) is 19.8 Å². The smallest absolute Gasteiger partial charge is 0.277 e. The third-order valence-electron chi connectivity index (χ3n) is 1.68. The summed E-state index contributed by atoms with van der Waals surface area (Å²) in [7, 11) is 0. The molecular formula is C8H10N2O5. The molecule has 1 aliphatic heterocycles. The van der Waals surface area contributed by atoms with Crippen LogP contribution >= 0.6 is 0 Å². The highest BCUT2D eigenvalue weighted by molar-refractivity contribution is 6.16. The van der Waals surface area contributed by atoms with Crippen molar-refractivity contribution in [2.24, 2.45) is 5.92 Å². The van der Waals surface area contributed by atoms with Gasteiger partial charge in [-0.2, -0.15) is 9.59 Å². The molecule has 7 heteroatoms. The molecule has 0 bridgehead atoms. The Balaban J connectivity index is 0.000000583. The van der Waals surface area contributed by atoms with Crippen LogP contribution in [-0.2, 0) is 19.2 Å². The van der Waals surface area contributed by atoms with Crippen LogP contribution in [-0.4, -0.2) is 24.0 Å². The van der Waals surface area contributed by atoms with Crippen molar-refractivity contribution < 1.29 is 24.0 Å². The number of nitrogens with one attached hydrogen (secondary N) is 2. The minimum absolute atomic E-state index is 0.250. The van der Waals surface area contributed by atoms with E-state index in [0.29, 0.717) is 6.42 Å². The first kappa shape index (κ1) is 13.0. The average molecular weight is 214 g/mol. The summed E-state index contributed by atoms with van der Waals surface area (Å²) in [6.45, 7) is 1.87. The van der Waals surface area contributed by atoms with Crippen LogP contribution in [0, 0.1) is 5.92 Å². The van der Waals surface area contributed by atoms with Crippen molar-refractivity contribution in [1.82, 2.24) is 10.6 Å². The summed E-state index contributed by atoms with van der Waals surface area (Å²) < 4.78 is 0. The Kier molecular flexibility index (Phi) is 5.58. The maximum absolute atomic E-state index is 11.0. The van der Waals surface area contributed by atoms with Crippen molar-refractivity contribution in [3.05, 3.63) is 0 Å². The number of carbonyl (C=O) groups excluding carboxylic acids is 5. The van der Waals surface area contributed by atoms with Crippen LogP contribution in [0.5, 0.6) is 0 Å². The molecule has 1 saturated heterocycles. The molecule has 0 aromatic rings. The minimum atomic E-state index is -0.725. The topological polar surface area (TPSA) is 109 Å². The number of carbonyl (C=O) groups is 3. The van der Waals surface area contributed by atoms with Gasteiger partial charge in [0.15, 0.2) is 0 Å². The van der Waals surface area contributed by atoms with Crippen LogP contribution in [0.3, 0.4) is 0 Å². The second kappa shape index (κ2) is 6.44. The van der Waals surface area contributed by atoms with Gasteiger partial charge >= 0.3 is 12.2 Å². The first-order valence-corrected chi connectivity index (χ1v) is 4.21. The average Bonchev–Trinajstić information content (AvgIpc) is 2.12. The standard InChI is InChI=1S/C7H10N2O3.CO2/c1-2-3-4-5(10)8-7(12)9-6(4)11;2-1-3/h4H,2-3H2,1H3,(H2,8,9,10,11,12);. The molecule has 2 N–H and O–H groups in total. The molecule has 1 rings (SSSR count). The van der Waals surface area contributed by atoms with E-state index < -0.39 is 23.8 Å². The van der Waals surface area contributed by atoms with Crippen molar-refractivity contribution in [3.8, 4) is 0 Å². The molecule has 4 amide bonds. The van der Waals surface area contributed by atoms with E-state index in [2.05, 4.69) is 0 Å². The summed E-state index contributed by atoms with van der Waals surface area (Å²) in [5.41, 5.74) is 0.